The Kier molecular flexibility index (Phi) is 4.42. The second kappa shape index (κ2) is 5.62. The van der Waals surface area contributed by atoms with Gasteiger partial charge in [0.05, 0.1) is 12.2 Å². The summed E-state index contributed by atoms with van der Waals surface area (Å²) in [6.07, 6.45) is 1.65. The quantitative estimate of drug-likeness (QED) is 0.805. The number of carbonyl (C=O) groups excluding carboxylic acids is 1. The van der Waals surface area contributed by atoms with Crippen LogP contribution in [-0.4, -0.2) is 33.4 Å². The zero-order chi connectivity index (χ0) is 13.8. The van der Waals surface area contributed by atoms with Gasteiger partial charge < -0.3 is 10.0 Å². The molecule has 1 rings (SSSR count). The molecule has 0 aliphatic heterocycles. The van der Waals surface area contributed by atoms with Crippen LogP contribution in [0.2, 0.25) is 0 Å². The maximum absolute atomic E-state index is 12.2. The molecule has 0 bridgehead atoms. The molecule has 98 valence electrons. The van der Waals surface area contributed by atoms with E-state index in [2.05, 4.69) is 4.98 Å². The maximum Gasteiger partial charge on any atom is 0.318 e. The summed E-state index contributed by atoms with van der Waals surface area (Å²) in [4.78, 5) is 28.9. The minimum atomic E-state index is -1.41. The number of hydrogen-bond donors (Lipinski definition) is 1. The Morgan fingerprint density at radius 3 is 2.50 bits per heavy atom. The lowest BCUT2D eigenvalue weighted by Gasteiger charge is -2.28. The Balaban J connectivity index is 2.85. The highest BCUT2D eigenvalue weighted by Gasteiger charge is 2.38. The highest BCUT2D eigenvalue weighted by molar-refractivity contribution is 6.00. The molecule has 5 heteroatoms. The standard InChI is InChI=1S/C13H18N2O3/c1-4-15(9-10-7-5-6-8-14-10)11(16)13(2,3)12(17)18/h5-8H,4,9H2,1-3H3,(H,17,18). The van der Waals surface area contributed by atoms with E-state index < -0.39 is 17.3 Å². The summed E-state index contributed by atoms with van der Waals surface area (Å²) < 4.78 is 0. The van der Waals surface area contributed by atoms with Crippen LogP contribution in [-0.2, 0) is 16.1 Å². The van der Waals surface area contributed by atoms with Crippen molar-refractivity contribution in [3.8, 4) is 0 Å². The lowest BCUT2D eigenvalue weighted by atomic mass is 9.91. The summed E-state index contributed by atoms with van der Waals surface area (Å²) in [5.41, 5.74) is -0.668. The number of carbonyl (C=O) groups is 2. The number of pyridine rings is 1. The van der Waals surface area contributed by atoms with Crippen LogP contribution in [0.15, 0.2) is 24.4 Å². The molecule has 5 nitrogen and oxygen atoms in total. The molecule has 0 aliphatic rings. The van der Waals surface area contributed by atoms with E-state index in [1.54, 1.807) is 12.3 Å². The van der Waals surface area contributed by atoms with Gasteiger partial charge in [0, 0.05) is 12.7 Å². The Labute approximate surface area is 106 Å². The lowest BCUT2D eigenvalue weighted by Crippen LogP contribution is -2.44. The number of carboxylic acids is 1. The normalized spacial score (nSPS) is 11.1. The second-order valence-corrected chi connectivity index (χ2v) is 4.57. The molecule has 0 fully saturated rings. The predicted molar refractivity (Wildman–Crippen MR) is 66.7 cm³/mol. The van der Waals surface area contributed by atoms with Gasteiger partial charge in [0.25, 0.3) is 0 Å². The fourth-order valence-corrected chi connectivity index (χ4v) is 1.50. The Morgan fingerprint density at radius 2 is 2.06 bits per heavy atom. The molecule has 18 heavy (non-hydrogen) atoms. The minimum Gasteiger partial charge on any atom is -0.480 e. The molecule has 0 spiro atoms. The molecule has 1 N–H and O–H groups in total. The van der Waals surface area contributed by atoms with E-state index >= 15 is 0 Å². The van der Waals surface area contributed by atoms with Gasteiger partial charge in [-0.25, -0.2) is 0 Å². The molecule has 1 amide bonds. The third-order valence-electron chi connectivity index (χ3n) is 2.82. The molecule has 0 saturated heterocycles. The van der Waals surface area contributed by atoms with Crippen molar-refractivity contribution in [3.05, 3.63) is 30.1 Å². The zero-order valence-electron chi connectivity index (χ0n) is 10.9. The van der Waals surface area contributed by atoms with Crippen LogP contribution in [0.25, 0.3) is 0 Å². The maximum atomic E-state index is 12.2. The van der Waals surface area contributed by atoms with E-state index in [0.717, 1.165) is 5.69 Å². The van der Waals surface area contributed by atoms with Crippen molar-refractivity contribution in [2.45, 2.75) is 27.3 Å². The van der Waals surface area contributed by atoms with Crippen LogP contribution in [0.4, 0.5) is 0 Å². The van der Waals surface area contributed by atoms with Gasteiger partial charge in [-0.05, 0) is 32.9 Å². The first kappa shape index (κ1) is 14.2. The third-order valence-corrected chi connectivity index (χ3v) is 2.82. The number of hydrogen-bond acceptors (Lipinski definition) is 3. The summed E-state index contributed by atoms with van der Waals surface area (Å²) >= 11 is 0. The third kappa shape index (κ3) is 3.06. The van der Waals surface area contributed by atoms with Gasteiger partial charge in [-0.2, -0.15) is 0 Å². The van der Waals surface area contributed by atoms with Gasteiger partial charge in [-0.1, -0.05) is 6.07 Å². The Bertz CT molecular complexity index is 429. The van der Waals surface area contributed by atoms with Crippen LogP contribution < -0.4 is 0 Å². The van der Waals surface area contributed by atoms with Crippen molar-refractivity contribution in [3.63, 3.8) is 0 Å². The summed E-state index contributed by atoms with van der Waals surface area (Å²) in [6.45, 7) is 5.43. The summed E-state index contributed by atoms with van der Waals surface area (Å²) in [5, 5.41) is 9.06. The fraction of sp³-hybridized carbons (Fsp3) is 0.462. The lowest BCUT2D eigenvalue weighted by molar-refractivity contribution is -0.158. The molecule has 0 saturated carbocycles. The van der Waals surface area contributed by atoms with Crippen LogP contribution in [0.5, 0.6) is 0 Å². The number of aromatic nitrogens is 1. The predicted octanol–water partition coefficient (Wildman–Crippen LogP) is 1.54. The summed E-state index contributed by atoms with van der Waals surface area (Å²) in [6, 6.07) is 5.44. The first-order valence-corrected chi connectivity index (χ1v) is 5.82. The van der Waals surface area contributed by atoms with E-state index in [1.807, 2.05) is 19.1 Å². The van der Waals surface area contributed by atoms with Gasteiger partial charge in [0.1, 0.15) is 5.41 Å². The SMILES string of the molecule is CCN(Cc1ccccn1)C(=O)C(C)(C)C(=O)O. The van der Waals surface area contributed by atoms with Gasteiger partial charge in [0.15, 0.2) is 0 Å². The molecule has 0 aliphatic carbocycles. The topological polar surface area (TPSA) is 70.5 Å². The second-order valence-electron chi connectivity index (χ2n) is 4.57. The van der Waals surface area contributed by atoms with E-state index in [1.165, 1.54) is 18.7 Å². The Hall–Kier alpha value is -1.91. The highest BCUT2D eigenvalue weighted by Crippen LogP contribution is 2.20. The largest absolute Gasteiger partial charge is 0.480 e. The highest BCUT2D eigenvalue weighted by atomic mass is 16.4. The summed E-state index contributed by atoms with van der Waals surface area (Å²) in [5.74, 6) is -1.52. The molecule has 1 aromatic rings. The first-order chi connectivity index (χ1) is 8.39. The van der Waals surface area contributed by atoms with Crippen molar-refractivity contribution in [1.29, 1.82) is 0 Å². The molecule has 1 aromatic heterocycles. The zero-order valence-corrected chi connectivity index (χ0v) is 10.9. The van der Waals surface area contributed by atoms with E-state index in [0.29, 0.717) is 13.1 Å². The number of aliphatic carboxylic acids is 1. The molecular weight excluding hydrogens is 232 g/mol. The van der Waals surface area contributed by atoms with Gasteiger partial charge in [0.2, 0.25) is 5.91 Å². The van der Waals surface area contributed by atoms with E-state index in [9.17, 15) is 9.59 Å². The van der Waals surface area contributed by atoms with Crippen molar-refractivity contribution >= 4 is 11.9 Å². The number of rotatable bonds is 5. The molecular formula is C13H18N2O3. The number of amides is 1. The smallest absolute Gasteiger partial charge is 0.318 e. The van der Waals surface area contributed by atoms with Crippen LogP contribution >= 0.6 is 0 Å². The van der Waals surface area contributed by atoms with Gasteiger partial charge >= 0.3 is 5.97 Å². The average molecular weight is 250 g/mol. The van der Waals surface area contributed by atoms with Crippen molar-refractivity contribution in [2.75, 3.05) is 6.54 Å². The molecule has 0 atom stereocenters. The summed E-state index contributed by atoms with van der Waals surface area (Å²) in [7, 11) is 0. The van der Waals surface area contributed by atoms with Crippen LogP contribution in [0, 0.1) is 5.41 Å². The first-order valence-electron chi connectivity index (χ1n) is 5.82. The van der Waals surface area contributed by atoms with Gasteiger partial charge in [-0.15, -0.1) is 0 Å². The molecule has 0 aromatic carbocycles. The van der Waals surface area contributed by atoms with E-state index in [4.69, 9.17) is 5.11 Å². The molecule has 1 heterocycles. The van der Waals surface area contributed by atoms with Gasteiger partial charge in [-0.3, -0.25) is 14.6 Å². The Morgan fingerprint density at radius 1 is 1.39 bits per heavy atom. The fourth-order valence-electron chi connectivity index (χ4n) is 1.50. The number of carboxylic acid groups (broad SMARTS) is 1. The van der Waals surface area contributed by atoms with Crippen molar-refractivity contribution < 1.29 is 14.7 Å². The van der Waals surface area contributed by atoms with E-state index in [-0.39, 0.29) is 0 Å². The molecule has 0 unspecified atom stereocenters. The molecule has 0 radical (unpaired) electrons. The number of nitrogens with zero attached hydrogens (tertiary/aromatic N) is 2. The van der Waals surface area contributed by atoms with Crippen molar-refractivity contribution in [1.82, 2.24) is 9.88 Å². The minimum absolute atomic E-state index is 0.326. The van der Waals surface area contributed by atoms with Crippen LogP contribution in [0.3, 0.4) is 0 Å². The monoisotopic (exact) mass is 250 g/mol. The van der Waals surface area contributed by atoms with Crippen LogP contribution in [0.1, 0.15) is 26.5 Å². The average Bonchev–Trinajstić information content (AvgIpc) is 2.36. The van der Waals surface area contributed by atoms with Crippen molar-refractivity contribution in [2.24, 2.45) is 5.41 Å².